The number of para-hydroxylation sites is 1. The zero-order chi connectivity index (χ0) is 12.3. The average Bonchev–Trinajstić information content (AvgIpc) is 2.30. The lowest BCUT2D eigenvalue weighted by Gasteiger charge is -2.35. The molecule has 0 spiro atoms. The lowest BCUT2D eigenvalue weighted by atomic mass is 10.0. The molecule has 0 unspecified atom stereocenters. The Morgan fingerprint density at radius 2 is 1.88 bits per heavy atom. The van der Waals surface area contributed by atoms with E-state index in [-0.39, 0.29) is 0 Å². The van der Waals surface area contributed by atoms with Gasteiger partial charge in [0.05, 0.1) is 5.69 Å². The Bertz CT molecular complexity index is 357. The van der Waals surface area contributed by atoms with Gasteiger partial charge in [-0.2, -0.15) is 0 Å². The number of benzene rings is 1. The second kappa shape index (κ2) is 5.87. The van der Waals surface area contributed by atoms with Crippen molar-refractivity contribution in [1.82, 2.24) is 5.32 Å². The first-order chi connectivity index (χ1) is 8.16. The van der Waals surface area contributed by atoms with Gasteiger partial charge in [0, 0.05) is 29.6 Å². The van der Waals surface area contributed by atoms with Crippen molar-refractivity contribution in [3.8, 4) is 0 Å². The van der Waals surface area contributed by atoms with Crippen LogP contribution >= 0.6 is 15.9 Å². The summed E-state index contributed by atoms with van der Waals surface area (Å²) < 4.78 is 1.20. The molecule has 2 rings (SSSR count). The first-order valence-corrected chi connectivity index (χ1v) is 7.21. The molecule has 0 atom stereocenters. The molecule has 1 saturated heterocycles. The highest BCUT2D eigenvalue weighted by Gasteiger charge is 2.20. The summed E-state index contributed by atoms with van der Waals surface area (Å²) in [5.41, 5.74) is 1.33. The molecule has 1 aromatic rings. The number of nitrogens with one attached hydrogen (secondary N) is 1. The standard InChI is InChI=1S/C14H21BrN2/c1-11(2)16-12-7-9-17(10-8-12)14-6-4-3-5-13(14)15/h3-6,11-12,16H,7-10H2,1-2H3. The number of rotatable bonds is 3. The van der Waals surface area contributed by atoms with E-state index in [9.17, 15) is 0 Å². The summed E-state index contributed by atoms with van der Waals surface area (Å²) in [6.45, 7) is 6.74. The van der Waals surface area contributed by atoms with Crippen LogP contribution in [0.25, 0.3) is 0 Å². The molecular weight excluding hydrogens is 276 g/mol. The number of piperidine rings is 1. The van der Waals surface area contributed by atoms with Gasteiger partial charge in [0.2, 0.25) is 0 Å². The highest BCUT2D eigenvalue weighted by atomic mass is 79.9. The van der Waals surface area contributed by atoms with Crippen molar-refractivity contribution in [2.45, 2.75) is 38.8 Å². The number of halogens is 1. The SMILES string of the molecule is CC(C)NC1CCN(c2ccccc2Br)CC1. The zero-order valence-corrected chi connectivity index (χ0v) is 12.2. The van der Waals surface area contributed by atoms with Gasteiger partial charge in [0.1, 0.15) is 0 Å². The molecule has 1 aliphatic heterocycles. The number of anilines is 1. The molecular formula is C14H21BrN2. The van der Waals surface area contributed by atoms with Crippen LogP contribution in [0.15, 0.2) is 28.7 Å². The van der Waals surface area contributed by atoms with Crippen molar-refractivity contribution >= 4 is 21.6 Å². The predicted octanol–water partition coefficient (Wildman–Crippen LogP) is 3.42. The topological polar surface area (TPSA) is 15.3 Å². The predicted molar refractivity (Wildman–Crippen MR) is 77.6 cm³/mol. The van der Waals surface area contributed by atoms with Gasteiger partial charge >= 0.3 is 0 Å². The molecule has 0 amide bonds. The van der Waals surface area contributed by atoms with E-state index in [1.54, 1.807) is 0 Å². The third-order valence-corrected chi connectivity index (χ3v) is 3.93. The first kappa shape index (κ1) is 12.9. The van der Waals surface area contributed by atoms with E-state index in [1.165, 1.54) is 23.0 Å². The summed E-state index contributed by atoms with van der Waals surface area (Å²) in [6.07, 6.45) is 2.47. The summed E-state index contributed by atoms with van der Waals surface area (Å²) in [5, 5.41) is 3.63. The average molecular weight is 297 g/mol. The second-order valence-corrected chi connectivity index (χ2v) is 5.89. The zero-order valence-electron chi connectivity index (χ0n) is 10.6. The van der Waals surface area contributed by atoms with Gasteiger partial charge in [-0.05, 0) is 40.9 Å². The van der Waals surface area contributed by atoms with Gasteiger partial charge in [-0.1, -0.05) is 26.0 Å². The second-order valence-electron chi connectivity index (χ2n) is 5.03. The first-order valence-electron chi connectivity index (χ1n) is 6.42. The van der Waals surface area contributed by atoms with Crippen LogP contribution in [0, 0.1) is 0 Å². The molecule has 17 heavy (non-hydrogen) atoms. The largest absolute Gasteiger partial charge is 0.371 e. The van der Waals surface area contributed by atoms with Gasteiger partial charge in [-0.25, -0.2) is 0 Å². The van der Waals surface area contributed by atoms with Crippen molar-refractivity contribution in [2.75, 3.05) is 18.0 Å². The fourth-order valence-corrected chi connectivity index (χ4v) is 3.00. The number of nitrogens with zero attached hydrogens (tertiary/aromatic N) is 1. The van der Waals surface area contributed by atoms with Crippen LogP contribution in [0.5, 0.6) is 0 Å². The minimum Gasteiger partial charge on any atom is -0.371 e. The van der Waals surface area contributed by atoms with Crippen molar-refractivity contribution < 1.29 is 0 Å². The number of hydrogen-bond donors (Lipinski definition) is 1. The molecule has 1 heterocycles. The Labute approximate surface area is 113 Å². The van der Waals surface area contributed by atoms with E-state index in [2.05, 4.69) is 64.3 Å². The monoisotopic (exact) mass is 296 g/mol. The molecule has 1 N–H and O–H groups in total. The highest BCUT2D eigenvalue weighted by Crippen LogP contribution is 2.28. The van der Waals surface area contributed by atoms with Crippen molar-refractivity contribution in [3.63, 3.8) is 0 Å². The fraction of sp³-hybridized carbons (Fsp3) is 0.571. The molecule has 1 aromatic carbocycles. The van der Waals surface area contributed by atoms with E-state index in [1.807, 2.05) is 0 Å². The fourth-order valence-electron chi connectivity index (χ4n) is 2.47. The third-order valence-electron chi connectivity index (χ3n) is 3.26. The van der Waals surface area contributed by atoms with Crippen LogP contribution in [0.3, 0.4) is 0 Å². The molecule has 1 fully saturated rings. The maximum absolute atomic E-state index is 3.63. The molecule has 0 bridgehead atoms. The quantitative estimate of drug-likeness (QED) is 0.919. The van der Waals surface area contributed by atoms with Gasteiger partial charge in [0.25, 0.3) is 0 Å². The van der Waals surface area contributed by atoms with Crippen LogP contribution < -0.4 is 10.2 Å². The van der Waals surface area contributed by atoms with Gasteiger partial charge in [-0.3, -0.25) is 0 Å². The number of hydrogen-bond acceptors (Lipinski definition) is 2. The molecule has 0 saturated carbocycles. The van der Waals surface area contributed by atoms with E-state index in [4.69, 9.17) is 0 Å². The van der Waals surface area contributed by atoms with Crippen molar-refractivity contribution in [3.05, 3.63) is 28.7 Å². The summed E-state index contributed by atoms with van der Waals surface area (Å²) in [7, 11) is 0. The smallest absolute Gasteiger partial charge is 0.0510 e. The van der Waals surface area contributed by atoms with Gasteiger partial charge in [-0.15, -0.1) is 0 Å². The Balaban J connectivity index is 1.93. The normalized spacial score (nSPS) is 17.8. The van der Waals surface area contributed by atoms with Crippen LogP contribution in [0.2, 0.25) is 0 Å². The molecule has 0 aliphatic carbocycles. The molecule has 0 radical (unpaired) electrons. The van der Waals surface area contributed by atoms with Crippen LogP contribution in [0.1, 0.15) is 26.7 Å². The summed E-state index contributed by atoms with van der Waals surface area (Å²) >= 11 is 3.63. The minimum atomic E-state index is 0.593. The molecule has 1 aliphatic rings. The molecule has 2 nitrogen and oxygen atoms in total. The maximum Gasteiger partial charge on any atom is 0.0510 e. The maximum atomic E-state index is 3.63. The Morgan fingerprint density at radius 1 is 1.24 bits per heavy atom. The van der Waals surface area contributed by atoms with E-state index < -0.39 is 0 Å². The third kappa shape index (κ3) is 3.46. The lowest BCUT2D eigenvalue weighted by Crippen LogP contribution is -2.44. The van der Waals surface area contributed by atoms with Crippen LogP contribution in [-0.2, 0) is 0 Å². The van der Waals surface area contributed by atoms with Crippen molar-refractivity contribution in [2.24, 2.45) is 0 Å². The Morgan fingerprint density at radius 3 is 2.47 bits per heavy atom. The van der Waals surface area contributed by atoms with E-state index in [0.717, 1.165) is 13.1 Å². The van der Waals surface area contributed by atoms with Gasteiger partial charge in [0.15, 0.2) is 0 Å². The summed E-state index contributed by atoms with van der Waals surface area (Å²) in [6, 6.07) is 9.77. The Kier molecular flexibility index (Phi) is 4.46. The molecule has 3 heteroatoms. The summed E-state index contributed by atoms with van der Waals surface area (Å²) in [4.78, 5) is 2.47. The molecule has 94 valence electrons. The van der Waals surface area contributed by atoms with Crippen LogP contribution in [-0.4, -0.2) is 25.2 Å². The summed E-state index contributed by atoms with van der Waals surface area (Å²) in [5.74, 6) is 0. The lowest BCUT2D eigenvalue weighted by molar-refractivity contribution is 0.387. The molecule has 0 aromatic heterocycles. The highest BCUT2D eigenvalue weighted by molar-refractivity contribution is 9.10. The van der Waals surface area contributed by atoms with Crippen molar-refractivity contribution in [1.29, 1.82) is 0 Å². The van der Waals surface area contributed by atoms with Crippen LogP contribution in [0.4, 0.5) is 5.69 Å². The Hall–Kier alpha value is -0.540. The van der Waals surface area contributed by atoms with E-state index in [0.29, 0.717) is 12.1 Å². The van der Waals surface area contributed by atoms with E-state index >= 15 is 0 Å². The minimum absolute atomic E-state index is 0.593. The van der Waals surface area contributed by atoms with Gasteiger partial charge < -0.3 is 10.2 Å².